The summed E-state index contributed by atoms with van der Waals surface area (Å²) in [5, 5.41) is 4.02. The highest BCUT2D eigenvalue weighted by molar-refractivity contribution is 5.97. The lowest BCUT2D eigenvalue weighted by Crippen LogP contribution is -2.14. The Hall–Kier alpha value is -1.36. The van der Waals surface area contributed by atoms with Crippen molar-refractivity contribution in [3.05, 3.63) is 11.9 Å². The number of hydrogen-bond donors (Lipinski definition) is 0. The van der Waals surface area contributed by atoms with Gasteiger partial charge in [0.25, 0.3) is 0 Å². The predicted octanol–water partition coefficient (Wildman–Crippen LogP) is 0.741. The van der Waals surface area contributed by atoms with Gasteiger partial charge in [-0.25, -0.2) is 0 Å². The standard InChI is InChI=1S/C9H14N2O3/c1-4-11-9(7(12)6-13-2)8(14-3)5-10-11/h5H,4,6H2,1-3H3. The molecule has 0 spiro atoms. The summed E-state index contributed by atoms with van der Waals surface area (Å²) in [5.74, 6) is 0.373. The molecule has 0 aliphatic carbocycles. The molecular weight excluding hydrogens is 184 g/mol. The van der Waals surface area contributed by atoms with Crippen LogP contribution in [0.15, 0.2) is 6.20 Å². The van der Waals surface area contributed by atoms with Crippen LogP contribution in [0.25, 0.3) is 0 Å². The fraction of sp³-hybridized carbons (Fsp3) is 0.556. The van der Waals surface area contributed by atoms with Gasteiger partial charge in [0.1, 0.15) is 12.3 Å². The summed E-state index contributed by atoms with van der Waals surface area (Å²) >= 11 is 0. The zero-order valence-corrected chi connectivity index (χ0v) is 8.61. The molecule has 1 heterocycles. The van der Waals surface area contributed by atoms with E-state index in [1.807, 2.05) is 6.92 Å². The molecule has 0 unspecified atom stereocenters. The first-order chi connectivity index (χ1) is 6.74. The van der Waals surface area contributed by atoms with E-state index in [1.165, 1.54) is 20.4 Å². The first-order valence-electron chi connectivity index (χ1n) is 4.36. The van der Waals surface area contributed by atoms with Crippen molar-refractivity contribution in [2.75, 3.05) is 20.8 Å². The van der Waals surface area contributed by atoms with Gasteiger partial charge in [0.05, 0.1) is 13.3 Å². The molecule has 0 radical (unpaired) electrons. The normalized spacial score (nSPS) is 10.2. The molecular formula is C9H14N2O3. The van der Waals surface area contributed by atoms with Gasteiger partial charge in [-0.05, 0) is 6.92 Å². The molecule has 0 aliphatic rings. The molecule has 14 heavy (non-hydrogen) atoms. The second-order valence-corrected chi connectivity index (χ2v) is 2.73. The average molecular weight is 198 g/mol. The summed E-state index contributed by atoms with van der Waals surface area (Å²) in [6.07, 6.45) is 1.53. The quantitative estimate of drug-likeness (QED) is 0.655. The fourth-order valence-electron chi connectivity index (χ4n) is 1.24. The summed E-state index contributed by atoms with van der Waals surface area (Å²) in [6.45, 7) is 2.59. The van der Waals surface area contributed by atoms with Crippen LogP contribution in [0.4, 0.5) is 0 Å². The Kier molecular flexibility index (Phi) is 3.64. The van der Waals surface area contributed by atoms with E-state index in [1.54, 1.807) is 4.68 Å². The maximum absolute atomic E-state index is 11.6. The van der Waals surface area contributed by atoms with Crippen molar-refractivity contribution in [1.29, 1.82) is 0 Å². The Labute approximate surface area is 82.6 Å². The minimum Gasteiger partial charge on any atom is -0.493 e. The van der Waals surface area contributed by atoms with Gasteiger partial charge in [-0.3, -0.25) is 9.48 Å². The summed E-state index contributed by atoms with van der Waals surface area (Å²) in [4.78, 5) is 11.6. The number of Topliss-reactive ketones (excluding diaryl/α,β-unsaturated/α-hetero) is 1. The van der Waals surface area contributed by atoms with E-state index in [4.69, 9.17) is 9.47 Å². The van der Waals surface area contributed by atoms with Crippen LogP contribution in [0, 0.1) is 0 Å². The van der Waals surface area contributed by atoms with Crippen molar-refractivity contribution >= 4 is 5.78 Å². The summed E-state index contributed by atoms with van der Waals surface area (Å²) in [5.41, 5.74) is 0.469. The van der Waals surface area contributed by atoms with Crippen molar-refractivity contribution in [3.8, 4) is 5.75 Å². The number of ether oxygens (including phenoxy) is 2. The van der Waals surface area contributed by atoms with Gasteiger partial charge in [-0.15, -0.1) is 0 Å². The van der Waals surface area contributed by atoms with Gasteiger partial charge in [-0.2, -0.15) is 5.10 Å². The summed E-state index contributed by atoms with van der Waals surface area (Å²) in [6, 6.07) is 0. The molecule has 0 N–H and O–H groups in total. The summed E-state index contributed by atoms with van der Waals surface area (Å²) < 4.78 is 11.4. The zero-order chi connectivity index (χ0) is 10.6. The lowest BCUT2D eigenvalue weighted by molar-refractivity contribution is 0.0834. The third-order valence-corrected chi connectivity index (χ3v) is 1.86. The molecule has 0 fully saturated rings. The third-order valence-electron chi connectivity index (χ3n) is 1.86. The van der Waals surface area contributed by atoms with Gasteiger partial charge in [0, 0.05) is 13.7 Å². The molecule has 78 valence electrons. The molecule has 0 bridgehead atoms. The average Bonchev–Trinajstić information content (AvgIpc) is 2.60. The van der Waals surface area contributed by atoms with Gasteiger partial charge in [0.15, 0.2) is 5.75 Å². The van der Waals surface area contributed by atoms with E-state index >= 15 is 0 Å². The van der Waals surface area contributed by atoms with Gasteiger partial charge < -0.3 is 9.47 Å². The van der Waals surface area contributed by atoms with Crippen molar-refractivity contribution in [3.63, 3.8) is 0 Å². The topological polar surface area (TPSA) is 53.4 Å². The van der Waals surface area contributed by atoms with Crippen LogP contribution in [-0.2, 0) is 11.3 Å². The first kappa shape index (κ1) is 10.7. The minimum absolute atomic E-state index is 0.0437. The molecule has 5 heteroatoms. The third kappa shape index (κ3) is 1.93. The Balaban J connectivity index is 3.01. The van der Waals surface area contributed by atoms with Gasteiger partial charge in [0.2, 0.25) is 5.78 Å². The Bertz CT molecular complexity index is 298. The van der Waals surface area contributed by atoms with E-state index < -0.39 is 0 Å². The van der Waals surface area contributed by atoms with E-state index in [2.05, 4.69) is 5.10 Å². The maximum atomic E-state index is 11.6. The number of methoxy groups -OCH3 is 2. The number of aromatic nitrogens is 2. The minimum atomic E-state index is -0.122. The Morgan fingerprint density at radius 1 is 1.57 bits per heavy atom. The molecule has 1 rings (SSSR count). The van der Waals surface area contributed by atoms with Crippen LogP contribution in [0.5, 0.6) is 5.75 Å². The Morgan fingerprint density at radius 2 is 2.29 bits per heavy atom. The number of aryl methyl sites for hydroxylation is 1. The number of carbonyl (C=O) groups excluding carboxylic acids is 1. The Morgan fingerprint density at radius 3 is 2.79 bits per heavy atom. The monoisotopic (exact) mass is 198 g/mol. The van der Waals surface area contributed by atoms with E-state index in [-0.39, 0.29) is 12.4 Å². The van der Waals surface area contributed by atoms with E-state index in [9.17, 15) is 4.79 Å². The van der Waals surface area contributed by atoms with Gasteiger partial charge >= 0.3 is 0 Å². The maximum Gasteiger partial charge on any atom is 0.210 e. The molecule has 1 aromatic heterocycles. The first-order valence-corrected chi connectivity index (χ1v) is 4.36. The number of ketones is 1. The van der Waals surface area contributed by atoms with Crippen molar-refractivity contribution < 1.29 is 14.3 Å². The van der Waals surface area contributed by atoms with Crippen molar-refractivity contribution in [2.45, 2.75) is 13.5 Å². The number of carbonyl (C=O) groups is 1. The SMILES string of the molecule is CCn1ncc(OC)c1C(=O)COC. The van der Waals surface area contributed by atoms with Crippen LogP contribution >= 0.6 is 0 Å². The lowest BCUT2D eigenvalue weighted by Gasteiger charge is -2.05. The van der Waals surface area contributed by atoms with E-state index in [0.29, 0.717) is 18.0 Å². The molecule has 0 aromatic carbocycles. The molecule has 5 nitrogen and oxygen atoms in total. The number of rotatable bonds is 5. The van der Waals surface area contributed by atoms with Crippen LogP contribution in [-0.4, -0.2) is 36.4 Å². The smallest absolute Gasteiger partial charge is 0.210 e. The molecule has 0 amide bonds. The molecule has 0 atom stereocenters. The largest absolute Gasteiger partial charge is 0.493 e. The second kappa shape index (κ2) is 4.76. The predicted molar refractivity (Wildman–Crippen MR) is 50.7 cm³/mol. The molecule has 0 saturated carbocycles. The molecule has 1 aromatic rings. The highest BCUT2D eigenvalue weighted by Gasteiger charge is 2.17. The number of hydrogen-bond acceptors (Lipinski definition) is 4. The molecule has 0 aliphatic heterocycles. The van der Waals surface area contributed by atoms with E-state index in [0.717, 1.165) is 0 Å². The summed E-state index contributed by atoms with van der Waals surface area (Å²) in [7, 11) is 3.00. The van der Waals surface area contributed by atoms with Crippen molar-refractivity contribution in [2.24, 2.45) is 0 Å². The highest BCUT2D eigenvalue weighted by atomic mass is 16.5. The lowest BCUT2D eigenvalue weighted by atomic mass is 10.3. The second-order valence-electron chi connectivity index (χ2n) is 2.73. The van der Waals surface area contributed by atoms with Gasteiger partial charge in [-0.1, -0.05) is 0 Å². The van der Waals surface area contributed by atoms with Crippen LogP contribution in [0.1, 0.15) is 17.4 Å². The zero-order valence-electron chi connectivity index (χ0n) is 8.61. The molecule has 0 saturated heterocycles. The fourth-order valence-corrected chi connectivity index (χ4v) is 1.24. The van der Waals surface area contributed by atoms with Crippen molar-refractivity contribution in [1.82, 2.24) is 9.78 Å². The van der Waals surface area contributed by atoms with Crippen LogP contribution in [0.3, 0.4) is 0 Å². The van der Waals surface area contributed by atoms with Crippen LogP contribution < -0.4 is 4.74 Å². The highest BCUT2D eigenvalue weighted by Crippen LogP contribution is 2.17. The van der Waals surface area contributed by atoms with Crippen LogP contribution in [0.2, 0.25) is 0 Å². The number of nitrogens with zero attached hydrogens (tertiary/aromatic N) is 2.